The highest BCUT2D eigenvalue weighted by atomic mass is 19.3. The molecule has 6 rings (SSSR count). The van der Waals surface area contributed by atoms with Gasteiger partial charge >= 0.3 is 0 Å². The van der Waals surface area contributed by atoms with E-state index < -0.39 is 5.92 Å². The van der Waals surface area contributed by atoms with Gasteiger partial charge in [0.1, 0.15) is 0 Å². The summed E-state index contributed by atoms with van der Waals surface area (Å²) >= 11 is 0. The molecule has 0 amide bonds. The summed E-state index contributed by atoms with van der Waals surface area (Å²) in [6.45, 7) is 4.62. The number of rotatable bonds is 6. The fraction of sp³-hybridized carbons (Fsp3) is 0.345. The van der Waals surface area contributed by atoms with Crippen LogP contribution in [-0.4, -0.2) is 66.6 Å². The summed E-state index contributed by atoms with van der Waals surface area (Å²) < 4.78 is 32.3. The number of benzene rings is 3. The molecule has 5 nitrogen and oxygen atoms in total. The zero-order chi connectivity index (χ0) is 24.7. The predicted molar refractivity (Wildman–Crippen MR) is 139 cm³/mol. The molecular weight excluding hydrogens is 460 g/mol. The summed E-state index contributed by atoms with van der Waals surface area (Å²) in [5.41, 5.74) is 4.22. The van der Waals surface area contributed by atoms with Gasteiger partial charge in [0.25, 0.3) is 11.5 Å². The molecule has 0 bridgehead atoms. The number of ether oxygens (including phenoxy) is 1. The Bertz CT molecular complexity index is 1450. The van der Waals surface area contributed by atoms with Crippen LogP contribution in [0.25, 0.3) is 32.7 Å². The molecule has 4 aromatic rings. The SMILES string of the molecule is O=c1[nH]ccc2cc(CN3CC(F)(F)C3)c3ccc(-c4ccc(CCN5CCOCC5)cc4)cc3c12. The van der Waals surface area contributed by atoms with Gasteiger partial charge in [0.2, 0.25) is 0 Å². The lowest BCUT2D eigenvalue weighted by Gasteiger charge is -2.38. The molecule has 0 unspecified atom stereocenters. The second-order valence-corrected chi connectivity index (χ2v) is 9.97. The van der Waals surface area contributed by atoms with Gasteiger partial charge in [-0.05, 0) is 63.0 Å². The molecule has 3 heterocycles. The number of nitrogens with one attached hydrogen (secondary N) is 1. The smallest absolute Gasteiger partial charge is 0.272 e. The van der Waals surface area contributed by atoms with Gasteiger partial charge in [-0.3, -0.25) is 14.6 Å². The summed E-state index contributed by atoms with van der Waals surface area (Å²) in [7, 11) is 0. The van der Waals surface area contributed by atoms with Crippen LogP contribution in [0, 0.1) is 0 Å². The number of hydrogen-bond donors (Lipinski definition) is 1. The Morgan fingerprint density at radius 1 is 0.889 bits per heavy atom. The van der Waals surface area contributed by atoms with Crippen molar-refractivity contribution in [2.24, 2.45) is 0 Å². The molecule has 0 saturated carbocycles. The van der Waals surface area contributed by atoms with Crippen molar-refractivity contribution in [3.8, 4) is 11.1 Å². The molecule has 2 saturated heterocycles. The minimum atomic E-state index is -2.61. The van der Waals surface area contributed by atoms with Crippen molar-refractivity contribution in [2.75, 3.05) is 45.9 Å². The Labute approximate surface area is 208 Å². The van der Waals surface area contributed by atoms with Crippen molar-refractivity contribution in [3.05, 3.63) is 82.3 Å². The van der Waals surface area contributed by atoms with E-state index in [1.165, 1.54) is 5.56 Å². The van der Waals surface area contributed by atoms with Crippen LogP contribution in [0.4, 0.5) is 8.78 Å². The van der Waals surface area contributed by atoms with Gasteiger partial charge < -0.3 is 9.72 Å². The van der Waals surface area contributed by atoms with Crippen molar-refractivity contribution in [1.29, 1.82) is 0 Å². The molecule has 0 spiro atoms. The van der Waals surface area contributed by atoms with Crippen LogP contribution in [0.3, 0.4) is 0 Å². The van der Waals surface area contributed by atoms with E-state index in [9.17, 15) is 13.6 Å². The first-order chi connectivity index (χ1) is 17.4. The standard InChI is InChI=1S/C29H29F2N3O2/c30-29(31)18-34(19-29)17-24-15-23-7-9-32-28(35)27(23)26-16-22(5-6-25(24)26)21-3-1-20(2-4-21)8-10-33-11-13-36-14-12-33/h1-7,9,15-16H,8,10-14,17-19H2,(H,32,35). The van der Waals surface area contributed by atoms with Gasteiger partial charge in [0, 0.05) is 32.4 Å². The van der Waals surface area contributed by atoms with E-state index in [-0.39, 0.29) is 18.6 Å². The minimum Gasteiger partial charge on any atom is -0.379 e. The monoisotopic (exact) mass is 489 g/mol. The molecule has 2 aliphatic heterocycles. The molecule has 0 atom stereocenters. The van der Waals surface area contributed by atoms with E-state index >= 15 is 0 Å². The van der Waals surface area contributed by atoms with Crippen LogP contribution in [0.1, 0.15) is 11.1 Å². The fourth-order valence-corrected chi connectivity index (χ4v) is 5.44. The van der Waals surface area contributed by atoms with Gasteiger partial charge in [-0.25, -0.2) is 8.78 Å². The number of H-pyrrole nitrogens is 1. The number of nitrogens with zero attached hydrogens (tertiary/aromatic N) is 2. The van der Waals surface area contributed by atoms with Crippen LogP contribution in [0.15, 0.2) is 65.6 Å². The van der Waals surface area contributed by atoms with Crippen LogP contribution in [0.2, 0.25) is 0 Å². The number of pyridine rings is 1. The van der Waals surface area contributed by atoms with Gasteiger partial charge in [-0.1, -0.05) is 36.4 Å². The molecular formula is C29H29F2N3O2. The number of hydrogen-bond acceptors (Lipinski definition) is 4. The van der Waals surface area contributed by atoms with Crippen molar-refractivity contribution in [1.82, 2.24) is 14.8 Å². The molecule has 2 aliphatic rings. The highest BCUT2D eigenvalue weighted by Gasteiger charge is 2.43. The van der Waals surface area contributed by atoms with Crippen molar-refractivity contribution >= 4 is 21.5 Å². The minimum absolute atomic E-state index is 0.143. The maximum absolute atomic E-state index is 13.4. The number of likely N-dealkylation sites (tertiary alicyclic amines) is 1. The van der Waals surface area contributed by atoms with E-state index in [2.05, 4.69) is 46.3 Å². The van der Waals surface area contributed by atoms with Crippen LogP contribution in [0.5, 0.6) is 0 Å². The predicted octanol–water partition coefficient (Wildman–Crippen LogP) is 4.67. The Kier molecular flexibility index (Phi) is 6.07. The van der Waals surface area contributed by atoms with Crippen molar-refractivity contribution < 1.29 is 13.5 Å². The summed E-state index contributed by atoms with van der Waals surface area (Å²) in [5.74, 6) is -2.61. The zero-order valence-corrected chi connectivity index (χ0v) is 20.1. The summed E-state index contributed by atoms with van der Waals surface area (Å²) in [4.78, 5) is 19.8. The highest BCUT2D eigenvalue weighted by Crippen LogP contribution is 2.34. The van der Waals surface area contributed by atoms with Crippen molar-refractivity contribution in [2.45, 2.75) is 18.9 Å². The van der Waals surface area contributed by atoms with E-state index in [0.29, 0.717) is 11.9 Å². The maximum atomic E-state index is 13.4. The molecule has 1 aromatic heterocycles. The Morgan fingerprint density at radius 3 is 2.39 bits per heavy atom. The lowest BCUT2D eigenvalue weighted by atomic mass is 9.93. The first-order valence-corrected chi connectivity index (χ1v) is 12.5. The molecule has 3 aromatic carbocycles. The van der Waals surface area contributed by atoms with Gasteiger partial charge in [0.05, 0.1) is 31.7 Å². The number of morpholine rings is 1. The lowest BCUT2D eigenvalue weighted by Crippen LogP contribution is -2.55. The summed E-state index contributed by atoms with van der Waals surface area (Å²) in [5, 5.41) is 3.24. The molecule has 1 N–H and O–H groups in total. The third kappa shape index (κ3) is 4.66. The second-order valence-electron chi connectivity index (χ2n) is 9.97. The largest absolute Gasteiger partial charge is 0.379 e. The first-order valence-electron chi connectivity index (χ1n) is 12.5. The number of halogens is 2. The number of aromatic nitrogens is 1. The van der Waals surface area contributed by atoms with Crippen LogP contribution < -0.4 is 5.56 Å². The molecule has 0 radical (unpaired) electrons. The Morgan fingerprint density at radius 2 is 1.64 bits per heavy atom. The highest BCUT2D eigenvalue weighted by molar-refractivity contribution is 6.09. The topological polar surface area (TPSA) is 48.6 Å². The lowest BCUT2D eigenvalue weighted by molar-refractivity contribution is -0.133. The first kappa shape index (κ1) is 23.3. The van der Waals surface area contributed by atoms with Gasteiger partial charge in [0.15, 0.2) is 0 Å². The number of aromatic amines is 1. The number of fused-ring (bicyclic) bond motifs is 3. The molecule has 7 heteroatoms. The zero-order valence-electron chi connectivity index (χ0n) is 20.1. The maximum Gasteiger partial charge on any atom is 0.272 e. The average Bonchev–Trinajstić information content (AvgIpc) is 2.87. The fourth-order valence-electron chi connectivity index (χ4n) is 5.44. The third-order valence-electron chi connectivity index (χ3n) is 7.37. The Hall–Kier alpha value is -3.13. The van der Waals surface area contributed by atoms with Gasteiger partial charge in [-0.2, -0.15) is 0 Å². The molecule has 0 aliphatic carbocycles. The van der Waals surface area contributed by atoms with E-state index in [0.717, 1.165) is 72.1 Å². The molecule has 36 heavy (non-hydrogen) atoms. The molecule has 2 fully saturated rings. The van der Waals surface area contributed by atoms with Crippen molar-refractivity contribution in [3.63, 3.8) is 0 Å². The Balaban J connectivity index is 1.31. The van der Waals surface area contributed by atoms with Crippen LogP contribution in [-0.2, 0) is 17.7 Å². The van der Waals surface area contributed by atoms with Gasteiger partial charge in [-0.15, -0.1) is 0 Å². The number of alkyl halides is 2. The second kappa shape index (κ2) is 9.39. The van der Waals surface area contributed by atoms with E-state index in [1.807, 2.05) is 18.2 Å². The van der Waals surface area contributed by atoms with E-state index in [4.69, 9.17) is 4.74 Å². The molecule has 186 valence electrons. The summed E-state index contributed by atoms with van der Waals surface area (Å²) in [6, 6.07) is 18.6. The quantitative estimate of drug-likeness (QED) is 0.400. The third-order valence-corrected chi connectivity index (χ3v) is 7.37. The van der Waals surface area contributed by atoms with E-state index in [1.54, 1.807) is 11.1 Å². The van der Waals surface area contributed by atoms with Crippen LogP contribution >= 0.6 is 0 Å². The normalized spacial score (nSPS) is 18.5. The summed E-state index contributed by atoms with van der Waals surface area (Å²) in [6.07, 6.45) is 2.63. The average molecular weight is 490 g/mol.